The van der Waals surface area contributed by atoms with E-state index in [9.17, 15) is 4.39 Å². The van der Waals surface area contributed by atoms with Gasteiger partial charge in [0.15, 0.2) is 0 Å². The van der Waals surface area contributed by atoms with Crippen LogP contribution in [-0.4, -0.2) is 19.7 Å². The van der Waals surface area contributed by atoms with Crippen LogP contribution in [0.5, 0.6) is 5.75 Å². The zero-order chi connectivity index (χ0) is 12.0. The third-order valence-electron chi connectivity index (χ3n) is 2.27. The average molecular weight is 246 g/mol. The van der Waals surface area contributed by atoms with Crippen LogP contribution >= 0.6 is 11.6 Å². The van der Waals surface area contributed by atoms with Crippen molar-refractivity contribution in [2.24, 2.45) is 0 Å². The summed E-state index contributed by atoms with van der Waals surface area (Å²) < 4.78 is 18.5. The van der Waals surface area contributed by atoms with Gasteiger partial charge in [-0.3, -0.25) is 0 Å². The highest BCUT2D eigenvalue weighted by Crippen LogP contribution is 2.22. The van der Waals surface area contributed by atoms with Crippen molar-refractivity contribution in [3.8, 4) is 5.75 Å². The van der Waals surface area contributed by atoms with Gasteiger partial charge in [0.1, 0.15) is 11.6 Å². The fourth-order valence-electron chi connectivity index (χ4n) is 1.41. The van der Waals surface area contributed by atoms with E-state index in [1.807, 2.05) is 14.0 Å². The van der Waals surface area contributed by atoms with Crippen LogP contribution in [0.2, 0.25) is 5.02 Å². The third-order valence-corrected chi connectivity index (χ3v) is 2.56. The molecule has 1 aromatic rings. The Labute approximate surface area is 101 Å². The topological polar surface area (TPSA) is 21.3 Å². The van der Waals surface area contributed by atoms with Gasteiger partial charge in [-0.1, -0.05) is 11.6 Å². The van der Waals surface area contributed by atoms with Gasteiger partial charge in [0.25, 0.3) is 0 Å². The number of halogens is 2. The van der Waals surface area contributed by atoms with Gasteiger partial charge in [-0.15, -0.1) is 0 Å². The lowest BCUT2D eigenvalue weighted by atomic mass is 10.2. The minimum Gasteiger partial charge on any atom is -0.491 e. The lowest BCUT2D eigenvalue weighted by molar-refractivity contribution is 0.207. The van der Waals surface area contributed by atoms with E-state index in [1.165, 1.54) is 12.1 Å². The van der Waals surface area contributed by atoms with E-state index < -0.39 is 5.82 Å². The molecule has 2 nitrogen and oxygen atoms in total. The molecule has 1 atom stereocenters. The number of nitrogens with one attached hydrogen (secondary N) is 1. The molecule has 0 aliphatic heterocycles. The van der Waals surface area contributed by atoms with Crippen molar-refractivity contribution >= 4 is 11.6 Å². The van der Waals surface area contributed by atoms with Crippen LogP contribution in [-0.2, 0) is 0 Å². The Morgan fingerprint density at radius 1 is 1.50 bits per heavy atom. The van der Waals surface area contributed by atoms with Crippen molar-refractivity contribution in [3.05, 3.63) is 29.0 Å². The largest absolute Gasteiger partial charge is 0.491 e. The highest BCUT2D eigenvalue weighted by Gasteiger charge is 2.06. The Bertz CT molecular complexity index is 333. The second-order valence-corrected chi connectivity index (χ2v) is 4.16. The van der Waals surface area contributed by atoms with E-state index in [0.29, 0.717) is 5.75 Å². The summed E-state index contributed by atoms with van der Waals surface area (Å²) in [5, 5.41) is 3.17. The van der Waals surface area contributed by atoms with Gasteiger partial charge in [0.2, 0.25) is 0 Å². The number of hydrogen-bond acceptors (Lipinski definition) is 2. The molecular formula is C12H17ClFNO. The molecule has 1 N–H and O–H groups in total. The van der Waals surface area contributed by atoms with E-state index in [4.69, 9.17) is 16.3 Å². The fraction of sp³-hybridized carbons (Fsp3) is 0.500. The lowest BCUT2D eigenvalue weighted by Crippen LogP contribution is -2.15. The van der Waals surface area contributed by atoms with Crippen LogP contribution in [0.1, 0.15) is 19.8 Å². The smallest absolute Gasteiger partial charge is 0.142 e. The molecule has 0 amide bonds. The Morgan fingerprint density at radius 2 is 2.25 bits per heavy atom. The summed E-state index contributed by atoms with van der Waals surface area (Å²) >= 11 is 5.66. The molecule has 0 saturated heterocycles. The first-order chi connectivity index (χ1) is 7.63. The quantitative estimate of drug-likeness (QED) is 0.777. The van der Waals surface area contributed by atoms with Gasteiger partial charge in [0, 0.05) is 6.07 Å². The predicted molar refractivity (Wildman–Crippen MR) is 64.7 cm³/mol. The zero-order valence-electron chi connectivity index (χ0n) is 9.59. The normalized spacial score (nSPS) is 12.5. The van der Waals surface area contributed by atoms with E-state index >= 15 is 0 Å². The first-order valence-electron chi connectivity index (χ1n) is 5.39. The van der Waals surface area contributed by atoms with Crippen molar-refractivity contribution in [1.82, 2.24) is 5.32 Å². The Balaban J connectivity index is 2.43. The molecule has 0 bridgehead atoms. The first-order valence-corrected chi connectivity index (χ1v) is 5.77. The molecule has 0 heterocycles. The molecule has 0 aliphatic rings. The van der Waals surface area contributed by atoms with Crippen LogP contribution in [0, 0.1) is 5.82 Å². The number of rotatable bonds is 6. The predicted octanol–water partition coefficient (Wildman–Crippen LogP) is 3.25. The maximum atomic E-state index is 12.9. The van der Waals surface area contributed by atoms with E-state index in [0.717, 1.165) is 19.4 Å². The molecule has 90 valence electrons. The van der Waals surface area contributed by atoms with Gasteiger partial charge in [-0.2, -0.15) is 0 Å². The van der Waals surface area contributed by atoms with Gasteiger partial charge in [-0.05, 0) is 45.5 Å². The molecule has 16 heavy (non-hydrogen) atoms. The maximum absolute atomic E-state index is 12.9. The molecule has 0 aromatic heterocycles. The number of benzene rings is 1. The van der Waals surface area contributed by atoms with Crippen LogP contribution in [0.15, 0.2) is 18.2 Å². The average Bonchev–Trinajstić information content (AvgIpc) is 2.24. The van der Waals surface area contributed by atoms with Crippen LogP contribution < -0.4 is 10.1 Å². The summed E-state index contributed by atoms with van der Waals surface area (Å²) in [6.07, 6.45) is 2.11. The highest BCUT2D eigenvalue weighted by atomic mass is 35.5. The number of hydrogen-bond donors (Lipinski definition) is 1. The summed E-state index contributed by atoms with van der Waals surface area (Å²) in [6, 6.07) is 4.42. The Kier molecular flexibility index (Phi) is 5.56. The molecule has 1 aromatic carbocycles. The lowest BCUT2D eigenvalue weighted by Gasteiger charge is -2.14. The highest BCUT2D eigenvalue weighted by molar-refractivity contribution is 6.30. The van der Waals surface area contributed by atoms with E-state index in [2.05, 4.69) is 5.32 Å². The summed E-state index contributed by atoms with van der Waals surface area (Å²) in [4.78, 5) is 0. The van der Waals surface area contributed by atoms with Crippen LogP contribution in [0.3, 0.4) is 0 Å². The van der Waals surface area contributed by atoms with Crippen molar-refractivity contribution < 1.29 is 9.13 Å². The van der Waals surface area contributed by atoms with Gasteiger partial charge in [-0.25, -0.2) is 4.39 Å². The van der Waals surface area contributed by atoms with Gasteiger partial charge < -0.3 is 10.1 Å². The second kappa shape index (κ2) is 6.71. The molecule has 1 rings (SSSR count). The van der Waals surface area contributed by atoms with Crippen LogP contribution in [0.25, 0.3) is 0 Å². The Morgan fingerprint density at radius 3 is 2.88 bits per heavy atom. The summed E-state index contributed by atoms with van der Waals surface area (Å²) in [7, 11) is 1.92. The minimum absolute atomic E-state index is 0.0972. The summed E-state index contributed by atoms with van der Waals surface area (Å²) in [5.74, 6) is 0.195. The number of ether oxygens (including phenoxy) is 1. The molecule has 0 saturated carbocycles. The van der Waals surface area contributed by atoms with Crippen molar-refractivity contribution in [2.75, 3.05) is 13.6 Å². The van der Waals surface area contributed by atoms with E-state index in [-0.39, 0.29) is 11.1 Å². The monoisotopic (exact) mass is 245 g/mol. The maximum Gasteiger partial charge on any atom is 0.142 e. The molecule has 0 radical (unpaired) electrons. The fourth-order valence-corrected chi connectivity index (χ4v) is 1.58. The zero-order valence-corrected chi connectivity index (χ0v) is 10.4. The minimum atomic E-state index is -0.420. The first kappa shape index (κ1) is 13.3. The van der Waals surface area contributed by atoms with Crippen molar-refractivity contribution in [1.29, 1.82) is 0 Å². The van der Waals surface area contributed by atoms with E-state index in [1.54, 1.807) is 6.07 Å². The molecule has 4 heteroatoms. The van der Waals surface area contributed by atoms with Crippen molar-refractivity contribution in [3.63, 3.8) is 0 Å². The van der Waals surface area contributed by atoms with Gasteiger partial charge >= 0.3 is 0 Å². The Hall–Kier alpha value is -0.800. The molecule has 0 fully saturated rings. The van der Waals surface area contributed by atoms with Gasteiger partial charge in [0.05, 0.1) is 11.1 Å². The summed E-state index contributed by atoms with van der Waals surface area (Å²) in [6.45, 7) is 2.96. The third kappa shape index (κ3) is 4.37. The SMILES string of the molecule is CNCCCC(C)Oc1ccc(F)c(Cl)c1. The second-order valence-electron chi connectivity index (χ2n) is 3.75. The summed E-state index contributed by atoms with van der Waals surface area (Å²) in [5.41, 5.74) is 0. The molecule has 0 aliphatic carbocycles. The van der Waals surface area contributed by atoms with Crippen molar-refractivity contribution in [2.45, 2.75) is 25.9 Å². The van der Waals surface area contributed by atoms with Crippen LogP contribution in [0.4, 0.5) is 4.39 Å². The molecule has 0 spiro atoms. The standard InChI is InChI=1S/C12H17ClFNO/c1-9(4-3-7-15-2)16-10-5-6-12(14)11(13)8-10/h5-6,8-9,15H,3-4,7H2,1-2H3. The molecular weight excluding hydrogens is 229 g/mol. The molecule has 1 unspecified atom stereocenters.